The highest BCUT2D eigenvalue weighted by Crippen LogP contribution is 2.63. The number of anilines is 1. The fourth-order valence-corrected chi connectivity index (χ4v) is 17.1. The third-order valence-corrected chi connectivity index (χ3v) is 20.3. The van der Waals surface area contributed by atoms with Gasteiger partial charge in [-0.15, -0.1) is 0 Å². The van der Waals surface area contributed by atoms with Gasteiger partial charge in [0.15, 0.2) is 0 Å². The molecule has 226 valence electrons. The van der Waals surface area contributed by atoms with E-state index in [-0.39, 0.29) is 23.5 Å². The van der Waals surface area contributed by atoms with E-state index in [9.17, 15) is 4.79 Å². The third kappa shape index (κ3) is 5.02. The topological polar surface area (TPSA) is 20.3 Å². The summed E-state index contributed by atoms with van der Waals surface area (Å²) in [5, 5.41) is 5.93. The Balaban J connectivity index is 1.52. The number of hydrogen-bond acceptors (Lipinski definition) is 3. The lowest BCUT2D eigenvalue weighted by Gasteiger charge is -2.43. The number of benzene rings is 5. The predicted molar refractivity (Wildman–Crippen MR) is 201 cm³/mol. The van der Waals surface area contributed by atoms with E-state index in [4.69, 9.17) is 23.6 Å². The van der Waals surface area contributed by atoms with Crippen molar-refractivity contribution in [1.82, 2.24) is 0 Å². The number of aryl methyl sites for hydroxylation is 1. The zero-order valence-corrected chi connectivity index (χ0v) is 29.0. The molecule has 6 heteroatoms. The van der Waals surface area contributed by atoms with Crippen LogP contribution >= 0.6 is 12.1 Å². The van der Waals surface area contributed by atoms with Crippen LogP contribution in [0.5, 0.6) is 0 Å². The van der Waals surface area contributed by atoms with Crippen molar-refractivity contribution in [1.29, 1.82) is 0 Å². The van der Waals surface area contributed by atoms with Crippen LogP contribution in [0.4, 0.5) is 5.69 Å². The highest BCUT2D eigenvalue weighted by Gasteiger charge is 2.52. The molecule has 45 heavy (non-hydrogen) atoms. The lowest BCUT2D eigenvalue weighted by Crippen LogP contribution is -2.45. The van der Waals surface area contributed by atoms with Gasteiger partial charge in [-0.2, -0.15) is 0 Å². The lowest BCUT2D eigenvalue weighted by atomic mass is 9.81. The van der Waals surface area contributed by atoms with Crippen LogP contribution in [0.3, 0.4) is 0 Å². The fourth-order valence-electron chi connectivity index (χ4n) is 7.90. The van der Waals surface area contributed by atoms with E-state index >= 15 is 0 Å². The zero-order valence-electron chi connectivity index (χ0n) is 25.6. The Bertz CT molecular complexity index is 1860. The van der Waals surface area contributed by atoms with Crippen molar-refractivity contribution >= 4 is 73.8 Å². The minimum absolute atomic E-state index is 0.0570. The molecule has 3 atom stereocenters. The molecule has 5 aromatic rings. The summed E-state index contributed by atoms with van der Waals surface area (Å²) in [7, 11) is 0. The minimum Gasteiger partial charge on any atom is -0.308 e. The number of carbonyl (C=O) groups excluding carboxylic acids is 1. The Kier molecular flexibility index (Phi) is 8.30. The molecule has 1 heterocycles. The summed E-state index contributed by atoms with van der Waals surface area (Å²) in [6.45, 7) is 3.92. The number of nitrogens with zero attached hydrogens (tertiary/aromatic N) is 1. The van der Waals surface area contributed by atoms with Crippen LogP contribution in [0.25, 0.3) is 0 Å². The molecular formula is C39H37NOP2S2. The Labute approximate surface area is 277 Å². The highest BCUT2D eigenvalue weighted by atomic mass is 32.4. The van der Waals surface area contributed by atoms with Gasteiger partial charge in [0.2, 0.25) is 5.91 Å². The molecule has 0 unspecified atom stereocenters. The fraction of sp³-hybridized carbons (Fsp3) is 0.205. The van der Waals surface area contributed by atoms with Gasteiger partial charge >= 0.3 is 0 Å². The molecule has 0 bridgehead atoms. The molecule has 1 aliphatic carbocycles. The summed E-state index contributed by atoms with van der Waals surface area (Å²) in [4.78, 5) is 16.0. The molecule has 1 fully saturated rings. The van der Waals surface area contributed by atoms with Crippen LogP contribution in [-0.2, 0) is 28.4 Å². The Hall–Kier alpha value is -3.13. The first-order valence-corrected chi connectivity index (χ1v) is 21.4. The molecule has 0 spiro atoms. The van der Waals surface area contributed by atoms with E-state index in [0.29, 0.717) is 0 Å². The molecular weight excluding hydrogens is 625 g/mol. The number of hydrogen-bond donors (Lipinski definition) is 0. The van der Waals surface area contributed by atoms with Crippen molar-refractivity contribution < 1.29 is 4.79 Å². The number of rotatable bonds is 6. The molecule has 1 saturated carbocycles. The maximum atomic E-state index is 13.9. The first kappa shape index (κ1) is 30.5. The Morgan fingerprint density at radius 2 is 1.16 bits per heavy atom. The van der Waals surface area contributed by atoms with Gasteiger partial charge in [0.05, 0.1) is 5.69 Å². The first-order chi connectivity index (χ1) is 21.8. The standard InChI is InChI=1S/C39H37NOP2S2/c1-28-26-34-38-35(24-15-25-36(38)42(44,30-16-7-3-8-17-30)31-18-9-4-10-19-31)40(29(2)41)39(34)37(27-28)43(45,32-20-11-5-12-21-32)33-22-13-6-14-23-33/h3-14,16-23,26-27,35-36,38H,15,24-25H2,1-2H3/t35-,36-,38-/m0/s1. The van der Waals surface area contributed by atoms with Crippen molar-refractivity contribution in [3.8, 4) is 0 Å². The van der Waals surface area contributed by atoms with E-state index in [1.165, 1.54) is 21.7 Å². The number of amides is 1. The molecule has 1 aliphatic heterocycles. The monoisotopic (exact) mass is 661 g/mol. The normalized spacial score (nSPS) is 19.5. The van der Waals surface area contributed by atoms with Gasteiger partial charge in [-0.05, 0) is 52.6 Å². The van der Waals surface area contributed by atoms with Gasteiger partial charge in [-0.25, -0.2) is 0 Å². The lowest BCUT2D eigenvalue weighted by molar-refractivity contribution is -0.117. The van der Waals surface area contributed by atoms with Gasteiger partial charge in [0.25, 0.3) is 0 Å². The van der Waals surface area contributed by atoms with Crippen molar-refractivity contribution in [2.75, 3.05) is 4.90 Å². The van der Waals surface area contributed by atoms with E-state index in [0.717, 1.165) is 40.9 Å². The average Bonchev–Trinajstić information content (AvgIpc) is 3.43. The van der Waals surface area contributed by atoms with Crippen molar-refractivity contribution in [3.05, 3.63) is 145 Å². The van der Waals surface area contributed by atoms with Gasteiger partial charge < -0.3 is 4.90 Å². The number of carbonyl (C=O) groups is 1. The summed E-state index contributed by atoms with van der Waals surface area (Å²) in [6.07, 6.45) is 3.05. The molecule has 2 nitrogen and oxygen atoms in total. The minimum atomic E-state index is -2.53. The van der Waals surface area contributed by atoms with Crippen molar-refractivity contribution in [2.24, 2.45) is 0 Å². The van der Waals surface area contributed by atoms with Crippen LogP contribution < -0.4 is 31.4 Å². The van der Waals surface area contributed by atoms with Gasteiger partial charge in [0.1, 0.15) is 0 Å². The van der Waals surface area contributed by atoms with E-state index < -0.39 is 12.1 Å². The molecule has 7 rings (SSSR count). The van der Waals surface area contributed by atoms with Crippen LogP contribution in [0, 0.1) is 6.92 Å². The molecule has 5 aromatic carbocycles. The van der Waals surface area contributed by atoms with Gasteiger partial charge in [0, 0.05) is 41.9 Å². The second kappa shape index (κ2) is 12.2. The summed E-state index contributed by atoms with van der Waals surface area (Å²) < 4.78 is 0. The van der Waals surface area contributed by atoms with Crippen molar-refractivity contribution in [3.63, 3.8) is 0 Å². The predicted octanol–water partition coefficient (Wildman–Crippen LogP) is 7.25. The SMILES string of the molecule is CC(=O)N1c2c(cc(C)cc2P(=S)(c2ccccc2)c2ccccc2)[C@H]2[C@@H]1CCC[C@@H]2P(=S)(c1ccccc1)c1ccccc1. The van der Waals surface area contributed by atoms with Gasteiger partial charge in [-0.3, -0.25) is 4.79 Å². The second-order valence-electron chi connectivity index (χ2n) is 12.3. The summed E-state index contributed by atoms with van der Waals surface area (Å²) in [5.74, 6) is 0.224. The quantitative estimate of drug-likeness (QED) is 0.179. The summed E-state index contributed by atoms with van der Waals surface area (Å²) >= 11 is 13.9. The first-order valence-electron chi connectivity index (χ1n) is 15.7. The van der Waals surface area contributed by atoms with Crippen LogP contribution in [-0.4, -0.2) is 17.6 Å². The Morgan fingerprint density at radius 3 is 1.62 bits per heavy atom. The van der Waals surface area contributed by atoms with Crippen LogP contribution in [0.15, 0.2) is 133 Å². The van der Waals surface area contributed by atoms with E-state index in [2.05, 4.69) is 145 Å². The largest absolute Gasteiger partial charge is 0.308 e. The maximum Gasteiger partial charge on any atom is 0.224 e. The third-order valence-electron chi connectivity index (χ3n) is 9.69. The molecule has 0 saturated heterocycles. The second-order valence-corrected chi connectivity index (χ2v) is 21.4. The van der Waals surface area contributed by atoms with Crippen LogP contribution in [0.2, 0.25) is 0 Å². The maximum absolute atomic E-state index is 13.9. The average molecular weight is 662 g/mol. The molecule has 0 aromatic heterocycles. The molecule has 0 radical (unpaired) electrons. The van der Waals surface area contributed by atoms with Gasteiger partial charge in [-0.1, -0.05) is 163 Å². The van der Waals surface area contributed by atoms with E-state index in [1.807, 2.05) is 0 Å². The Morgan fingerprint density at radius 1 is 0.689 bits per heavy atom. The molecule has 1 amide bonds. The number of fused-ring (bicyclic) bond motifs is 3. The smallest absolute Gasteiger partial charge is 0.224 e. The van der Waals surface area contributed by atoms with E-state index in [1.54, 1.807) is 6.92 Å². The zero-order chi connectivity index (χ0) is 31.2. The summed E-state index contributed by atoms with van der Waals surface area (Å²) in [5.41, 5.74) is 3.72. The molecule has 2 aliphatic rings. The highest BCUT2D eigenvalue weighted by molar-refractivity contribution is 8.25. The molecule has 0 N–H and O–H groups in total. The van der Waals surface area contributed by atoms with Crippen LogP contribution in [0.1, 0.15) is 43.2 Å². The van der Waals surface area contributed by atoms with Crippen molar-refractivity contribution in [2.45, 2.75) is 50.7 Å². The summed E-state index contributed by atoms with van der Waals surface area (Å²) in [6, 6.07) is 42.6.